The predicted molar refractivity (Wildman–Crippen MR) is 85.5 cm³/mol. The van der Waals surface area contributed by atoms with Gasteiger partial charge in [-0.05, 0) is 36.8 Å². The van der Waals surface area contributed by atoms with Gasteiger partial charge in [-0.25, -0.2) is 0 Å². The number of rotatable bonds is 5. The summed E-state index contributed by atoms with van der Waals surface area (Å²) in [6, 6.07) is 12.4. The molecule has 1 N–H and O–H groups in total. The summed E-state index contributed by atoms with van der Waals surface area (Å²) < 4.78 is 5.53. The SMILES string of the molecule is Cc1ccc(OCCNC(=O)c2ccccc2Cl)cc1Cl. The van der Waals surface area contributed by atoms with Crippen LogP contribution in [-0.4, -0.2) is 19.1 Å². The summed E-state index contributed by atoms with van der Waals surface area (Å²) in [5.74, 6) is 0.462. The second kappa shape index (κ2) is 7.34. The largest absolute Gasteiger partial charge is 0.492 e. The minimum atomic E-state index is -0.217. The van der Waals surface area contributed by atoms with Crippen molar-refractivity contribution in [2.24, 2.45) is 0 Å². The minimum absolute atomic E-state index is 0.217. The first-order valence-corrected chi connectivity index (χ1v) is 7.25. The summed E-state index contributed by atoms with van der Waals surface area (Å²) in [6.45, 7) is 2.67. The van der Waals surface area contributed by atoms with E-state index >= 15 is 0 Å². The molecule has 0 aliphatic heterocycles. The van der Waals surface area contributed by atoms with E-state index in [1.54, 1.807) is 30.3 Å². The summed E-state index contributed by atoms with van der Waals surface area (Å²) in [5.41, 5.74) is 1.45. The second-order valence-corrected chi connectivity index (χ2v) is 5.31. The molecule has 0 fully saturated rings. The summed E-state index contributed by atoms with van der Waals surface area (Å²) >= 11 is 12.0. The molecule has 0 aromatic heterocycles. The normalized spacial score (nSPS) is 10.2. The molecule has 0 bridgehead atoms. The summed E-state index contributed by atoms with van der Waals surface area (Å²) in [7, 11) is 0. The molecule has 21 heavy (non-hydrogen) atoms. The van der Waals surface area contributed by atoms with Gasteiger partial charge in [-0.2, -0.15) is 0 Å². The molecule has 110 valence electrons. The molecular formula is C16H15Cl2NO2. The van der Waals surface area contributed by atoms with Gasteiger partial charge in [-0.1, -0.05) is 41.4 Å². The van der Waals surface area contributed by atoms with Crippen molar-refractivity contribution < 1.29 is 9.53 Å². The first-order valence-electron chi connectivity index (χ1n) is 6.49. The van der Waals surface area contributed by atoms with Gasteiger partial charge in [0, 0.05) is 5.02 Å². The van der Waals surface area contributed by atoms with E-state index < -0.39 is 0 Å². The van der Waals surface area contributed by atoms with Crippen LogP contribution in [0.15, 0.2) is 42.5 Å². The first-order chi connectivity index (χ1) is 10.1. The number of hydrogen-bond donors (Lipinski definition) is 1. The third-order valence-electron chi connectivity index (χ3n) is 2.92. The van der Waals surface area contributed by atoms with Crippen LogP contribution >= 0.6 is 23.2 Å². The Morgan fingerprint density at radius 2 is 1.90 bits per heavy atom. The van der Waals surface area contributed by atoms with Crippen molar-refractivity contribution in [3.05, 3.63) is 63.6 Å². The van der Waals surface area contributed by atoms with Crippen molar-refractivity contribution in [1.29, 1.82) is 0 Å². The van der Waals surface area contributed by atoms with Crippen molar-refractivity contribution in [3.63, 3.8) is 0 Å². The Hall–Kier alpha value is -1.71. The average Bonchev–Trinajstić information content (AvgIpc) is 2.47. The number of hydrogen-bond acceptors (Lipinski definition) is 2. The van der Waals surface area contributed by atoms with Gasteiger partial charge >= 0.3 is 0 Å². The fraction of sp³-hybridized carbons (Fsp3) is 0.188. The smallest absolute Gasteiger partial charge is 0.252 e. The van der Waals surface area contributed by atoms with Gasteiger partial charge in [0.2, 0.25) is 0 Å². The number of amides is 1. The zero-order valence-corrected chi connectivity index (χ0v) is 13.0. The highest BCUT2D eigenvalue weighted by molar-refractivity contribution is 6.33. The van der Waals surface area contributed by atoms with Crippen LogP contribution in [0, 0.1) is 6.92 Å². The second-order valence-electron chi connectivity index (χ2n) is 4.50. The lowest BCUT2D eigenvalue weighted by Crippen LogP contribution is -2.28. The Morgan fingerprint density at radius 3 is 2.62 bits per heavy atom. The molecule has 0 saturated carbocycles. The number of benzene rings is 2. The van der Waals surface area contributed by atoms with Gasteiger partial charge in [0.05, 0.1) is 17.1 Å². The van der Waals surface area contributed by atoms with E-state index in [-0.39, 0.29) is 5.91 Å². The molecule has 0 saturated heterocycles. The van der Waals surface area contributed by atoms with Crippen LogP contribution in [-0.2, 0) is 0 Å². The Kier molecular flexibility index (Phi) is 5.48. The number of nitrogens with one attached hydrogen (secondary N) is 1. The quantitative estimate of drug-likeness (QED) is 0.841. The van der Waals surface area contributed by atoms with Crippen LogP contribution in [0.2, 0.25) is 10.0 Å². The van der Waals surface area contributed by atoms with Gasteiger partial charge in [0.25, 0.3) is 5.91 Å². The molecule has 3 nitrogen and oxygen atoms in total. The van der Waals surface area contributed by atoms with E-state index in [4.69, 9.17) is 27.9 Å². The summed E-state index contributed by atoms with van der Waals surface area (Å²) in [6.07, 6.45) is 0. The molecule has 0 unspecified atom stereocenters. The maximum absolute atomic E-state index is 11.9. The third kappa shape index (κ3) is 4.38. The Bertz CT molecular complexity index is 644. The van der Waals surface area contributed by atoms with E-state index in [1.807, 2.05) is 19.1 Å². The molecule has 0 heterocycles. The van der Waals surface area contributed by atoms with E-state index in [1.165, 1.54) is 0 Å². The van der Waals surface area contributed by atoms with Gasteiger partial charge in [-0.15, -0.1) is 0 Å². The van der Waals surface area contributed by atoms with Crippen molar-refractivity contribution in [1.82, 2.24) is 5.32 Å². The highest BCUT2D eigenvalue weighted by Gasteiger charge is 2.08. The molecule has 2 aromatic carbocycles. The molecule has 0 spiro atoms. The average molecular weight is 324 g/mol. The summed E-state index contributed by atoms with van der Waals surface area (Å²) in [4.78, 5) is 11.9. The number of carbonyl (C=O) groups is 1. The maximum atomic E-state index is 11.9. The lowest BCUT2D eigenvalue weighted by molar-refractivity contribution is 0.0947. The number of aryl methyl sites for hydroxylation is 1. The number of carbonyl (C=O) groups excluding carboxylic acids is 1. The summed E-state index contributed by atoms with van der Waals surface area (Å²) in [5, 5.41) is 3.85. The van der Waals surface area contributed by atoms with Crippen molar-refractivity contribution in [2.45, 2.75) is 6.92 Å². The zero-order valence-electron chi connectivity index (χ0n) is 11.5. The Balaban J connectivity index is 1.81. The first kappa shape index (κ1) is 15.7. The van der Waals surface area contributed by atoms with Crippen LogP contribution in [0.25, 0.3) is 0 Å². The zero-order chi connectivity index (χ0) is 15.2. The molecule has 0 aliphatic carbocycles. The van der Waals surface area contributed by atoms with Gasteiger partial charge < -0.3 is 10.1 Å². The van der Waals surface area contributed by atoms with Crippen LogP contribution in [0.3, 0.4) is 0 Å². The molecule has 0 atom stereocenters. The lowest BCUT2D eigenvalue weighted by Gasteiger charge is -2.09. The molecule has 5 heteroatoms. The third-order valence-corrected chi connectivity index (χ3v) is 3.65. The standard InChI is InChI=1S/C16H15Cl2NO2/c1-11-6-7-12(10-15(11)18)21-9-8-19-16(20)13-4-2-3-5-14(13)17/h2-7,10H,8-9H2,1H3,(H,19,20). The maximum Gasteiger partial charge on any atom is 0.252 e. The number of ether oxygens (including phenoxy) is 1. The lowest BCUT2D eigenvalue weighted by atomic mass is 10.2. The molecule has 0 radical (unpaired) electrons. The highest BCUT2D eigenvalue weighted by atomic mass is 35.5. The fourth-order valence-electron chi connectivity index (χ4n) is 1.74. The van der Waals surface area contributed by atoms with Crippen molar-refractivity contribution >= 4 is 29.1 Å². The van der Waals surface area contributed by atoms with Gasteiger partial charge in [0.1, 0.15) is 12.4 Å². The molecule has 1 amide bonds. The topological polar surface area (TPSA) is 38.3 Å². The van der Waals surface area contributed by atoms with Gasteiger partial charge in [-0.3, -0.25) is 4.79 Å². The van der Waals surface area contributed by atoms with E-state index in [2.05, 4.69) is 5.32 Å². The van der Waals surface area contributed by atoms with E-state index in [0.717, 1.165) is 5.56 Å². The van der Waals surface area contributed by atoms with Crippen LogP contribution in [0.5, 0.6) is 5.75 Å². The van der Waals surface area contributed by atoms with Gasteiger partial charge in [0.15, 0.2) is 0 Å². The predicted octanol–water partition coefficient (Wildman–Crippen LogP) is 4.11. The minimum Gasteiger partial charge on any atom is -0.492 e. The van der Waals surface area contributed by atoms with Crippen LogP contribution in [0.1, 0.15) is 15.9 Å². The van der Waals surface area contributed by atoms with Crippen LogP contribution in [0.4, 0.5) is 0 Å². The Morgan fingerprint density at radius 1 is 1.14 bits per heavy atom. The molecular weight excluding hydrogens is 309 g/mol. The van der Waals surface area contributed by atoms with E-state index in [0.29, 0.717) is 34.5 Å². The van der Waals surface area contributed by atoms with E-state index in [9.17, 15) is 4.79 Å². The Labute approximate surface area is 133 Å². The molecule has 2 rings (SSSR count). The van der Waals surface area contributed by atoms with Crippen molar-refractivity contribution in [3.8, 4) is 5.75 Å². The van der Waals surface area contributed by atoms with Crippen LogP contribution < -0.4 is 10.1 Å². The number of halogens is 2. The molecule has 0 aliphatic rings. The fourth-order valence-corrected chi connectivity index (χ4v) is 2.13. The molecule has 2 aromatic rings. The monoisotopic (exact) mass is 323 g/mol. The van der Waals surface area contributed by atoms with Crippen molar-refractivity contribution in [2.75, 3.05) is 13.2 Å². The highest BCUT2D eigenvalue weighted by Crippen LogP contribution is 2.21.